The molecular formula is C24H23NO3. The van der Waals surface area contributed by atoms with Gasteiger partial charge in [-0.1, -0.05) is 54.6 Å². The Labute approximate surface area is 165 Å². The fraction of sp³-hybridized carbons (Fsp3) is 0.208. The number of likely N-dealkylation sites (N-methyl/N-ethyl adjacent to an activating group) is 1. The number of para-hydroxylation sites is 3. The van der Waals surface area contributed by atoms with Gasteiger partial charge in [0.2, 0.25) is 5.91 Å². The van der Waals surface area contributed by atoms with Crippen LogP contribution in [0.1, 0.15) is 29.5 Å². The highest BCUT2D eigenvalue weighted by atomic mass is 16.5. The monoisotopic (exact) mass is 373 g/mol. The molecule has 0 bridgehead atoms. The summed E-state index contributed by atoms with van der Waals surface area (Å²) in [5, 5.41) is 0. The van der Waals surface area contributed by atoms with Crippen LogP contribution in [0.2, 0.25) is 0 Å². The highest BCUT2D eigenvalue weighted by molar-refractivity contribution is 5.89. The van der Waals surface area contributed by atoms with Crippen LogP contribution in [0.25, 0.3) is 0 Å². The molecule has 0 N–H and O–H groups in total. The molecule has 4 rings (SSSR count). The second kappa shape index (κ2) is 7.77. The Morgan fingerprint density at radius 2 is 1.50 bits per heavy atom. The van der Waals surface area contributed by atoms with Crippen LogP contribution in [-0.2, 0) is 11.3 Å². The molecule has 0 aliphatic carbocycles. The number of fused-ring (bicyclic) bond motifs is 2. The summed E-state index contributed by atoms with van der Waals surface area (Å²) < 4.78 is 11.7. The molecular weight excluding hydrogens is 350 g/mol. The molecule has 1 aliphatic rings. The normalized spacial score (nSPS) is 12.5. The van der Waals surface area contributed by atoms with E-state index < -0.39 is 0 Å². The van der Waals surface area contributed by atoms with Gasteiger partial charge in [0.15, 0.2) is 0 Å². The van der Waals surface area contributed by atoms with Crippen LogP contribution in [0.3, 0.4) is 0 Å². The van der Waals surface area contributed by atoms with Crippen molar-refractivity contribution in [2.75, 3.05) is 13.7 Å². The van der Waals surface area contributed by atoms with Gasteiger partial charge in [-0.2, -0.15) is 0 Å². The third kappa shape index (κ3) is 3.33. The molecule has 1 heterocycles. The molecule has 0 aromatic heterocycles. The molecule has 142 valence electrons. The molecule has 0 atom stereocenters. The number of carbonyl (C=O) groups excluding carboxylic acids is 1. The van der Waals surface area contributed by atoms with E-state index in [1.165, 1.54) is 0 Å². The maximum absolute atomic E-state index is 13.5. The first-order valence-corrected chi connectivity index (χ1v) is 9.50. The fourth-order valence-corrected chi connectivity index (χ4v) is 3.66. The van der Waals surface area contributed by atoms with Crippen LogP contribution < -0.4 is 9.47 Å². The zero-order valence-corrected chi connectivity index (χ0v) is 16.1. The Morgan fingerprint density at radius 3 is 2.14 bits per heavy atom. The molecule has 0 saturated carbocycles. The van der Waals surface area contributed by atoms with E-state index in [4.69, 9.17) is 9.47 Å². The lowest BCUT2D eigenvalue weighted by molar-refractivity contribution is -0.131. The molecule has 0 spiro atoms. The van der Waals surface area contributed by atoms with Crippen molar-refractivity contribution in [3.05, 3.63) is 89.5 Å². The molecule has 0 radical (unpaired) electrons. The average Bonchev–Trinajstić information content (AvgIpc) is 2.73. The smallest absolute Gasteiger partial charge is 0.234 e. The first-order chi connectivity index (χ1) is 13.7. The molecule has 4 nitrogen and oxygen atoms in total. The van der Waals surface area contributed by atoms with Crippen molar-refractivity contribution in [3.8, 4) is 17.2 Å². The van der Waals surface area contributed by atoms with Crippen molar-refractivity contribution in [2.45, 2.75) is 19.4 Å². The Balaban J connectivity index is 1.67. The Kier molecular flexibility index (Phi) is 5.02. The molecule has 1 aliphatic heterocycles. The van der Waals surface area contributed by atoms with E-state index in [0.29, 0.717) is 13.2 Å². The van der Waals surface area contributed by atoms with Gasteiger partial charge in [-0.3, -0.25) is 4.79 Å². The predicted octanol–water partition coefficient (Wildman–Crippen LogP) is 4.98. The van der Waals surface area contributed by atoms with Gasteiger partial charge in [0.25, 0.3) is 0 Å². The lowest BCUT2D eigenvalue weighted by atomic mass is 9.87. The van der Waals surface area contributed by atoms with E-state index in [0.717, 1.165) is 33.9 Å². The largest absolute Gasteiger partial charge is 0.494 e. The van der Waals surface area contributed by atoms with Crippen molar-refractivity contribution in [1.82, 2.24) is 4.90 Å². The standard InChI is InChI=1S/C24H23NO3/c1-3-27-20-13-7-4-10-17(20)16-25(2)24(26)23-18-11-5-8-14-21(18)28-22-15-9-6-12-19(22)23/h4-15,23H,3,16H2,1-2H3. The molecule has 0 fully saturated rings. The minimum atomic E-state index is -0.384. The van der Waals surface area contributed by atoms with E-state index in [1.807, 2.05) is 86.8 Å². The van der Waals surface area contributed by atoms with Gasteiger partial charge in [0, 0.05) is 30.3 Å². The number of benzene rings is 3. The third-order valence-electron chi connectivity index (χ3n) is 4.98. The Bertz CT molecular complexity index is 953. The lowest BCUT2D eigenvalue weighted by Crippen LogP contribution is -2.33. The summed E-state index contributed by atoms with van der Waals surface area (Å²) >= 11 is 0. The SMILES string of the molecule is CCOc1ccccc1CN(C)C(=O)C1c2ccccc2Oc2ccccc21. The number of nitrogens with zero attached hydrogens (tertiary/aromatic N) is 1. The van der Waals surface area contributed by atoms with Crippen molar-refractivity contribution in [3.63, 3.8) is 0 Å². The second-order valence-electron chi connectivity index (χ2n) is 6.85. The molecule has 3 aromatic carbocycles. The van der Waals surface area contributed by atoms with E-state index in [-0.39, 0.29) is 11.8 Å². The van der Waals surface area contributed by atoms with Gasteiger partial charge >= 0.3 is 0 Å². The van der Waals surface area contributed by atoms with Gasteiger partial charge in [0.1, 0.15) is 17.2 Å². The zero-order valence-electron chi connectivity index (χ0n) is 16.1. The molecule has 0 saturated heterocycles. The molecule has 3 aromatic rings. The van der Waals surface area contributed by atoms with Gasteiger partial charge in [-0.25, -0.2) is 0 Å². The van der Waals surface area contributed by atoms with Gasteiger partial charge in [-0.15, -0.1) is 0 Å². The topological polar surface area (TPSA) is 38.8 Å². The van der Waals surface area contributed by atoms with E-state index in [1.54, 1.807) is 4.90 Å². The Hall–Kier alpha value is -3.27. The number of hydrogen-bond donors (Lipinski definition) is 0. The summed E-state index contributed by atoms with van der Waals surface area (Å²) in [6.45, 7) is 3.04. The summed E-state index contributed by atoms with van der Waals surface area (Å²) in [4.78, 5) is 15.3. The first-order valence-electron chi connectivity index (χ1n) is 9.50. The van der Waals surface area contributed by atoms with E-state index >= 15 is 0 Å². The number of ether oxygens (including phenoxy) is 2. The summed E-state index contributed by atoms with van der Waals surface area (Å²) in [6, 6.07) is 23.4. The molecule has 0 unspecified atom stereocenters. The minimum Gasteiger partial charge on any atom is -0.494 e. The van der Waals surface area contributed by atoms with E-state index in [2.05, 4.69) is 0 Å². The van der Waals surface area contributed by atoms with Crippen LogP contribution in [0.15, 0.2) is 72.8 Å². The fourth-order valence-electron chi connectivity index (χ4n) is 3.66. The summed E-state index contributed by atoms with van der Waals surface area (Å²) in [5.74, 6) is 1.95. The lowest BCUT2D eigenvalue weighted by Gasteiger charge is -2.30. The van der Waals surface area contributed by atoms with Crippen molar-refractivity contribution in [2.24, 2.45) is 0 Å². The van der Waals surface area contributed by atoms with E-state index in [9.17, 15) is 4.79 Å². The second-order valence-corrected chi connectivity index (χ2v) is 6.85. The minimum absolute atomic E-state index is 0.0366. The van der Waals surface area contributed by atoms with Crippen LogP contribution in [-0.4, -0.2) is 24.5 Å². The van der Waals surface area contributed by atoms with Crippen molar-refractivity contribution in [1.29, 1.82) is 0 Å². The van der Waals surface area contributed by atoms with Gasteiger partial charge in [0.05, 0.1) is 12.5 Å². The Morgan fingerprint density at radius 1 is 0.929 bits per heavy atom. The van der Waals surface area contributed by atoms with Crippen LogP contribution in [0, 0.1) is 0 Å². The van der Waals surface area contributed by atoms with Gasteiger partial charge < -0.3 is 14.4 Å². The maximum Gasteiger partial charge on any atom is 0.234 e. The maximum atomic E-state index is 13.5. The number of amides is 1. The highest BCUT2D eigenvalue weighted by Gasteiger charge is 2.34. The summed E-state index contributed by atoms with van der Waals surface area (Å²) in [6.07, 6.45) is 0. The third-order valence-corrected chi connectivity index (χ3v) is 4.98. The summed E-state index contributed by atoms with van der Waals surface area (Å²) in [7, 11) is 1.84. The van der Waals surface area contributed by atoms with Gasteiger partial charge in [-0.05, 0) is 25.1 Å². The number of hydrogen-bond acceptors (Lipinski definition) is 3. The van der Waals surface area contributed by atoms with Crippen molar-refractivity contribution >= 4 is 5.91 Å². The first kappa shape index (κ1) is 18.1. The summed E-state index contributed by atoms with van der Waals surface area (Å²) in [5.41, 5.74) is 2.79. The molecule has 28 heavy (non-hydrogen) atoms. The highest BCUT2D eigenvalue weighted by Crippen LogP contribution is 2.44. The zero-order chi connectivity index (χ0) is 19.5. The molecule has 1 amide bonds. The quantitative estimate of drug-likeness (QED) is 0.633. The van der Waals surface area contributed by atoms with Crippen LogP contribution in [0.4, 0.5) is 0 Å². The van der Waals surface area contributed by atoms with Crippen molar-refractivity contribution < 1.29 is 14.3 Å². The average molecular weight is 373 g/mol. The van der Waals surface area contributed by atoms with Crippen LogP contribution in [0.5, 0.6) is 17.2 Å². The number of rotatable bonds is 5. The predicted molar refractivity (Wildman–Crippen MR) is 109 cm³/mol. The van der Waals surface area contributed by atoms with Crippen LogP contribution >= 0.6 is 0 Å². The number of carbonyl (C=O) groups is 1. The molecule has 4 heteroatoms.